The Kier molecular flexibility index (Phi) is 3.85. The van der Waals surface area contributed by atoms with Crippen LogP contribution in [0, 0.1) is 5.82 Å². The summed E-state index contributed by atoms with van der Waals surface area (Å²) in [7, 11) is 0. The molecule has 94 valence electrons. The first-order valence-electron chi connectivity index (χ1n) is 5.90. The van der Waals surface area contributed by atoms with E-state index in [1.807, 2.05) is 0 Å². The first-order valence-corrected chi connectivity index (χ1v) is 6.70. The van der Waals surface area contributed by atoms with Crippen molar-refractivity contribution in [3.05, 3.63) is 34.1 Å². The van der Waals surface area contributed by atoms with Gasteiger partial charge in [0.2, 0.25) is 0 Å². The molecule has 0 atom stereocenters. The fourth-order valence-corrected chi connectivity index (χ4v) is 2.71. The van der Waals surface area contributed by atoms with Crippen molar-refractivity contribution in [1.29, 1.82) is 0 Å². The highest BCUT2D eigenvalue weighted by atomic mass is 79.9. The van der Waals surface area contributed by atoms with Crippen LogP contribution in [-0.4, -0.2) is 16.7 Å². The maximum absolute atomic E-state index is 13.7. The molecule has 0 bridgehead atoms. The van der Waals surface area contributed by atoms with Gasteiger partial charge in [-0.2, -0.15) is 0 Å². The lowest BCUT2D eigenvalue weighted by molar-refractivity contribution is -0.000458. The SMILES string of the molecule is NC1CCC(O)(Cc2ccc(Br)cc2F)CC1. The van der Waals surface area contributed by atoms with Crippen LogP contribution in [0.2, 0.25) is 0 Å². The number of hydrogen-bond acceptors (Lipinski definition) is 2. The van der Waals surface area contributed by atoms with Crippen molar-refractivity contribution in [2.45, 2.75) is 43.7 Å². The molecule has 0 aliphatic heterocycles. The Hall–Kier alpha value is -0.450. The molecule has 1 aliphatic rings. The van der Waals surface area contributed by atoms with E-state index < -0.39 is 5.60 Å². The third-order valence-corrected chi connectivity index (χ3v) is 3.99. The zero-order valence-corrected chi connectivity index (χ0v) is 11.2. The van der Waals surface area contributed by atoms with Crippen molar-refractivity contribution >= 4 is 15.9 Å². The first kappa shape index (κ1) is 13.0. The van der Waals surface area contributed by atoms with E-state index in [1.54, 1.807) is 12.1 Å². The van der Waals surface area contributed by atoms with Crippen molar-refractivity contribution in [3.8, 4) is 0 Å². The summed E-state index contributed by atoms with van der Waals surface area (Å²) in [4.78, 5) is 0. The van der Waals surface area contributed by atoms with Crippen LogP contribution in [-0.2, 0) is 6.42 Å². The minimum atomic E-state index is -0.787. The Bertz CT molecular complexity index is 402. The molecule has 0 unspecified atom stereocenters. The monoisotopic (exact) mass is 301 g/mol. The van der Waals surface area contributed by atoms with Crippen molar-refractivity contribution in [3.63, 3.8) is 0 Å². The van der Waals surface area contributed by atoms with E-state index in [9.17, 15) is 9.50 Å². The first-order chi connectivity index (χ1) is 7.98. The molecular formula is C13H17BrFNO. The molecule has 3 N–H and O–H groups in total. The molecule has 0 aromatic heterocycles. The fourth-order valence-electron chi connectivity index (χ4n) is 2.37. The number of nitrogens with two attached hydrogens (primary N) is 1. The molecule has 17 heavy (non-hydrogen) atoms. The molecule has 1 fully saturated rings. The summed E-state index contributed by atoms with van der Waals surface area (Å²) in [6, 6.07) is 5.15. The molecule has 1 saturated carbocycles. The quantitative estimate of drug-likeness (QED) is 0.882. The molecule has 2 nitrogen and oxygen atoms in total. The van der Waals surface area contributed by atoms with E-state index in [2.05, 4.69) is 15.9 Å². The lowest BCUT2D eigenvalue weighted by atomic mass is 9.79. The van der Waals surface area contributed by atoms with Crippen molar-refractivity contribution in [2.24, 2.45) is 5.73 Å². The highest BCUT2D eigenvalue weighted by molar-refractivity contribution is 9.10. The Morgan fingerprint density at radius 1 is 1.41 bits per heavy atom. The van der Waals surface area contributed by atoms with Gasteiger partial charge in [0, 0.05) is 16.9 Å². The van der Waals surface area contributed by atoms with Crippen LogP contribution >= 0.6 is 15.9 Å². The maximum atomic E-state index is 13.7. The minimum absolute atomic E-state index is 0.185. The van der Waals surface area contributed by atoms with E-state index in [1.165, 1.54) is 6.07 Å². The van der Waals surface area contributed by atoms with Crippen LogP contribution in [0.15, 0.2) is 22.7 Å². The summed E-state index contributed by atoms with van der Waals surface area (Å²) in [5.74, 6) is -0.261. The zero-order valence-electron chi connectivity index (χ0n) is 9.63. The van der Waals surface area contributed by atoms with Crippen molar-refractivity contribution in [1.82, 2.24) is 0 Å². The fraction of sp³-hybridized carbons (Fsp3) is 0.538. The summed E-state index contributed by atoms with van der Waals surface area (Å²) in [5, 5.41) is 10.4. The number of aliphatic hydroxyl groups is 1. The molecule has 2 rings (SSSR count). The zero-order chi connectivity index (χ0) is 12.5. The summed E-state index contributed by atoms with van der Waals surface area (Å²) < 4.78 is 14.4. The highest BCUT2D eigenvalue weighted by Crippen LogP contribution is 2.31. The standard InChI is InChI=1S/C13H17BrFNO/c14-10-2-1-9(12(15)7-10)8-13(17)5-3-11(16)4-6-13/h1-2,7,11,17H,3-6,8,16H2. The largest absolute Gasteiger partial charge is 0.390 e. The third-order valence-electron chi connectivity index (χ3n) is 3.50. The molecule has 0 saturated heterocycles. The van der Waals surface area contributed by atoms with Crippen molar-refractivity contribution < 1.29 is 9.50 Å². The Morgan fingerprint density at radius 2 is 2.06 bits per heavy atom. The maximum Gasteiger partial charge on any atom is 0.127 e. The van der Waals surface area contributed by atoms with E-state index in [0.717, 1.165) is 17.3 Å². The molecular weight excluding hydrogens is 285 g/mol. The van der Waals surface area contributed by atoms with Gasteiger partial charge in [-0.3, -0.25) is 0 Å². The van der Waals surface area contributed by atoms with E-state index in [-0.39, 0.29) is 11.9 Å². The molecule has 0 heterocycles. The topological polar surface area (TPSA) is 46.2 Å². The van der Waals surface area contributed by atoms with Crippen LogP contribution in [0.4, 0.5) is 4.39 Å². The smallest absolute Gasteiger partial charge is 0.127 e. The summed E-state index contributed by atoms with van der Waals surface area (Å²) >= 11 is 3.22. The van der Waals surface area contributed by atoms with Gasteiger partial charge in [0.1, 0.15) is 5.82 Å². The van der Waals surface area contributed by atoms with Crippen molar-refractivity contribution in [2.75, 3.05) is 0 Å². The number of rotatable bonds is 2. The normalized spacial score (nSPS) is 29.3. The Morgan fingerprint density at radius 3 is 2.65 bits per heavy atom. The van der Waals surface area contributed by atoms with Gasteiger partial charge in [0.05, 0.1) is 5.60 Å². The summed E-state index contributed by atoms with van der Waals surface area (Å²) in [6.07, 6.45) is 3.31. The average Bonchev–Trinajstić information content (AvgIpc) is 2.27. The minimum Gasteiger partial charge on any atom is -0.390 e. The van der Waals surface area contributed by atoms with Gasteiger partial charge >= 0.3 is 0 Å². The van der Waals surface area contributed by atoms with Gasteiger partial charge in [-0.25, -0.2) is 4.39 Å². The second kappa shape index (κ2) is 5.04. The molecule has 0 amide bonds. The predicted molar refractivity (Wildman–Crippen MR) is 69.2 cm³/mol. The van der Waals surface area contributed by atoms with Gasteiger partial charge in [-0.15, -0.1) is 0 Å². The van der Waals surface area contributed by atoms with Crippen LogP contribution < -0.4 is 5.73 Å². The van der Waals surface area contributed by atoms with E-state index in [0.29, 0.717) is 24.8 Å². The van der Waals surface area contributed by atoms with Gasteiger partial charge < -0.3 is 10.8 Å². The predicted octanol–water partition coefficient (Wildman–Crippen LogP) is 2.76. The molecule has 1 aliphatic carbocycles. The summed E-state index contributed by atoms with van der Waals surface area (Å²) in [5.41, 5.74) is 5.60. The highest BCUT2D eigenvalue weighted by Gasteiger charge is 2.32. The van der Waals surface area contributed by atoms with E-state index in [4.69, 9.17) is 5.73 Å². The average molecular weight is 302 g/mol. The molecule has 0 spiro atoms. The lowest BCUT2D eigenvalue weighted by Gasteiger charge is -2.35. The molecule has 1 aromatic carbocycles. The number of benzene rings is 1. The van der Waals surface area contributed by atoms with Crippen LogP contribution in [0.1, 0.15) is 31.2 Å². The van der Waals surface area contributed by atoms with Crippen LogP contribution in [0.25, 0.3) is 0 Å². The lowest BCUT2D eigenvalue weighted by Crippen LogP contribution is -2.40. The van der Waals surface area contributed by atoms with Gasteiger partial charge in [0.25, 0.3) is 0 Å². The van der Waals surface area contributed by atoms with Gasteiger partial charge in [-0.05, 0) is 43.4 Å². The van der Waals surface area contributed by atoms with Crippen LogP contribution in [0.3, 0.4) is 0 Å². The van der Waals surface area contributed by atoms with Gasteiger partial charge in [0.15, 0.2) is 0 Å². The third kappa shape index (κ3) is 3.27. The second-order valence-electron chi connectivity index (χ2n) is 4.97. The summed E-state index contributed by atoms with van der Waals surface area (Å²) in [6.45, 7) is 0. The van der Waals surface area contributed by atoms with Gasteiger partial charge in [-0.1, -0.05) is 22.0 Å². The Balaban J connectivity index is 2.09. The van der Waals surface area contributed by atoms with Crippen LogP contribution in [0.5, 0.6) is 0 Å². The number of hydrogen-bond donors (Lipinski definition) is 2. The molecule has 4 heteroatoms. The molecule has 0 radical (unpaired) electrons. The van der Waals surface area contributed by atoms with E-state index >= 15 is 0 Å². The second-order valence-corrected chi connectivity index (χ2v) is 5.89. The number of halogens is 2. The Labute approximate surface area is 109 Å². The molecule has 1 aromatic rings.